The fourth-order valence-electron chi connectivity index (χ4n) is 7.54. The van der Waals surface area contributed by atoms with Crippen LogP contribution in [0.5, 0.6) is 0 Å². The van der Waals surface area contributed by atoms with Crippen LogP contribution >= 0.6 is 0 Å². The van der Waals surface area contributed by atoms with Crippen LogP contribution in [0.3, 0.4) is 0 Å². The predicted molar refractivity (Wildman–Crippen MR) is 230 cm³/mol. The Bertz CT molecular complexity index is 2480. The molecule has 0 amide bonds. The number of benzene rings is 9. The molecular formula is C54H38. The summed E-state index contributed by atoms with van der Waals surface area (Å²) in [6, 6.07) is 83.4. The van der Waals surface area contributed by atoms with E-state index in [0.717, 1.165) is 0 Å². The van der Waals surface area contributed by atoms with Gasteiger partial charge in [-0.3, -0.25) is 0 Å². The van der Waals surface area contributed by atoms with Gasteiger partial charge < -0.3 is 0 Å². The molecule has 0 heterocycles. The summed E-state index contributed by atoms with van der Waals surface area (Å²) in [4.78, 5) is 0. The van der Waals surface area contributed by atoms with E-state index in [0.29, 0.717) is 0 Å². The van der Waals surface area contributed by atoms with Gasteiger partial charge in [-0.25, -0.2) is 0 Å². The Labute approximate surface area is 318 Å². The van der Waals surface area contributed by atoms with E-state index in [1.165, 1.54) is 89.0 Å². The SMILES string of the molecule is c1ccc(-c2cccc(-c3cccc(-c4cc(-c5ccccc5)c(-c5cccc(-c6cccc(-c7ccccc7)c6)c5)cc4-c4ccccc4)c3)c2)cc1. The van der Waals surface area contributed by atoms with Gasteiger partial charge in [-0.1, -0.05) is 194 Å². The van der Waals surface area contributed by atoms with Gasteiger partial charge in [0.05, 0.1) is 0 Å². The van der Waals surface area contributed by atoms with E-state index in [1.54, 1.807) is 0 Å². The van der Waals surface area contributed by atoms with Gasteiger partial charge in [0, 0.05) is 0 Å². The molecule has 0 aromatic heterocycles. The summed E-state index contributed by atoms with van der Waals surface area (Å²) in [5.41, 5.74) is 19.2. The molecule has 0 aliphatic rings. The zero-order valence-electron chi connectivity index (χ0n) is 29.9. The van der Waals surface area contributed by atoms with Crippen molar-refractivity contribution in [1.82, 2.24) is 0 Å². The molecule has 0 nitrogen and oxygen atoms in total. The molecule has 0 unspecified atom stereocenters. The van der Waals surface area contributed by atoms with Crippen molar-refractivity contribution < 1.29 is 0 Å². The van der Waals surface area contributed by atoms with Crippen LogP contribution in [-0.4, -0.2) is 0 Å². The summed E-state index contributed by atoms with van der Waals surface area (Å²) in [5, 5.41) is 0. The van der Waals surface area contributed by atoms with Gasteiger partial charge in [0.1, 0.15) is 0 Å². The van der Waals surface area contributed by atoms with Crippen LogP contribution in [0, 0.1) is 0 Å². The molecule has 254 valence electrons. The van der Waals surface area contributed by atoms with E-state index >= 15 is 0 Å². The van der Waals surface area contributed by atoms with E-state index in [4.69, 9.17) is 0 Å². The summed E-state index contributed by atoms with van der Waals surface area (Å²) in [6.45, 7) is 0. The first-order valence-corrected chi connectivity index (χ1v) is 18.6. The van der Waals surface area contributed by atoms with E-state index in [2.05, 4.69) is 231 Å². The molecule has 0 saturated carbocycles. The summed E-state index contributed by atoms with van der Waals surface area (Å²) < 4.78 is 0. The Kier molecular flexibility index (Phi) is 9.07. The van der Waals surface area contributed by atoms with Gasteiger partial charge in [-0.15, -0.1) is 0 Å². The average molecular weight is 687 g/mol. The monoisotopic (exact) mass is 686 g/mol. The highest BCUT2D eigenvalue weighted by Crippen LogP contribution is 2.43. The van der Waals surface area contributed by atoms with Crippen molar-refractivity contribution in [1.29, 1.82) is 0 Å². The van der Waals surface area contributed by atoms with Gasteiger partial charge >= 0.3 is 0 Å². The topological polar surface area (TPSA) is 0 Å². The zero-order valence-corrected chi connectivity index (χ0v) is 29.9. The number of hydrogen-bond acceptors (Lipinski definition) is 0. The van der Waals surface area contributed by atoms with Crippen molar-refractivity contribution in [3.05, 3.63) is 231 Å². The summed E-state index contributed by atoms with van der Waals surface area (Å²) >= 11 is 0. The first-order valence-electron chi connectivity index (χ1n) is 18.6. The van der Waals surface area contributed by atoms with Gasteiger partial charge in [-0.2, -0.15) is 0 Å². The third-order valence-electron chi connectivity index (χ3n) is 10.3. The summed E-state index contributed by atoms with van der Waals surface area (Å²) in [5.74, 6) is 0. The Morgan fingerprint density at radius 1 is 0.130 bits per heavy atom. The van der Waals surface area contributed by atoms with Gasteiger partial charge in [0.25, 0.3) is 0 Å². The Morgan fingerprint density at radius 3 is 0.648 bits per heavy atom. The van der Waals surface area contributed by atoms with Gasteiger partial charge in [0.2, 0.25) is 0 Å². The average Bonchev–Trinajstić information content (AvgIpc) is 3.27. The van der Waals surface area contributed by atoms with E-state index < -0.39 is 0 Å². The van der Waals surface area contributed by atoms with Crippen LogP contribution in [0.2, 0.25) is 0 Å². The van der Waals surface area contributed by atoms with Crippen LogP contribution in [0.25, 0.3) is 89.0 Å². The van der Waals surface area contributed by atoms with E-state index in [-0.39, 0.29) is 0 Å². The molecule has 0 aliphatic heterocycles. The standard InChI is InChI=1S/C54H38/c1-5-17-39(18-6-1)43-25-13-27-45(33-43)47-29-15-31-49(35-47)53-37-52(42-23-11-4-12-24-42)54(38-51(53)41-21-9-3-10-22-41)50-32-16-30-48(36-50)46-28-14-26-44(34-46)40-19-7-2-8-20-40/h1-38H. The lowest BCUT2D eigenvalue weighted by atomic mass is 9.84. The molecule has 0 spiro atoms. The Morgan fingerprint density at radius 2 is 0.333 bits per heavy atom. The molecule has 0 fully saturated rings. The highest BCUT2D eigenvalue weighted by molar-refractivity contribution is 5.96. The first kappa shape index (κ1) is 32.9. The van der Waals surface area contributed by atoms with Gasteiger partial charge in [-0.05, 0) is 125 Å². The molecule has 9 aromatic carbocycles. The number of hydrogen-bond donors (Lipinski definition) is 0. The fraction of sp³-hybridized carbons (Fsp3) is 0. The minimum Gasteiger partial charge on any atom is -0.0622 e. The number of rotatable bonds is 8. The minimum atomic E-state index is 1.19. The van der Waals surface area contributed by atoms with Crippen LogP contribution in [0.4, 0.5) is 0 Å². The lowest BCUT2D eigenvalue weighted by Gasteiger charge is -2.19. The maximum Gasteiger partial charge on any atom is -0.00986 e. The smallest absolute Gasteiger partial charge is 0.00986 e. The normalized spacial score (nSPS) is 11.0. The van der Waals surface area contributed by atoms with Crippen LogP contribution in [-0.2, 0) is 0 Å². The lowest BCUT2D eigenvalue weighted by Crippen LogP contribution is -1.93. The molecule has 0 heteroatoms. The molecule has 9 aromatic rings. The predicted octanol–water partition coefficient (Wildman–Crippen LogP) is 15.0. The van der Waals surface area contributed by atoms with Crippen molar-refractivity contribution in [3.63, 3.8) is 0 Å². The maximum atomic E-state index is 2.41. The molecule has 0 saturated heterocycles. The Balaban J connectivity index is 1.20. The minimum absolute atomic E-state index is 1.19. The fourth-order valence-corrected chi connectivity index (χ4v) is 7.54. The van der Waals surface area contributed by atoms with E-state index in [1.807, 2.05) is 0 Å². The summed E-state index contributed by atoms with van der Waals surface area (Å²) in [6.07, 6.45) is 0. The second kappa shape index (κ2) is 14.9. The zero-order chi connectivity index (χ0) is 36.1. The summed E-state index contributed by atoms with van der Waals surface area (Å²) in [7, 11) is 0. The molecule has 54 heavy (non-hydrogen) atoms. The third kappa shape index (κ3) is 6.82. The van der Waals surface area contributed by atoms with Crippen LogP contribution in [0.15, 0.2) is 231 Å². The second-order valence-electron chi connectivity index (χ2n) is 13.7. The van der Waals surface area contributed by atoms with Crippen molar-refractivity contribution >= 4 is 0 Å². The van der Waals surface area contributed by atoms with Crippen LogP contribution < -0.4 is 0 Å². The molecular weight excluding hydrogens is 649 g/mol. The lowest BCUT2D eigenvalue weighted by molar-refractivity contribution is 1.53. The largest absolute Gasteiger partial charge is 0.0622 e. The second-order valence-corrected chi connectivity index (χ2v) is 13.7. The van der Waals surface area contributed by atoms with Crippen molar-refractivity contribution in [2.75, 3.05) is 0 Å². The molecule has 0 radical (unpaired) electrons. The first-order chi connectivity index (χ1) is 26.8. The molecule has 0 N–H and O–H groups in total. The van der Waals surface area contributed by atoms with Gasteiger partial charge in [0.15, 0.2) is 0 Å². The quantitative estimate of drug-likeness (QED) is 0.149. The molecule has 0 bridgehead atoms. The maximum absolute atomic E-state index is 2.41. The third-order valence-corrected chi connectivity index (χ3v) is 10.3. The van der Waals surface area contributed by atoms with Crippen molar-refractivity contribution in [2.45, 2.75) is 0 Å². The highest BCUT2D eigenvalue weighted by atomic mass is 14.2. The van der Waals surface area contributed by atoms with Crippen molar-refractivity contribution in [3.8, 4) is 89.0 Å². The molecule has 0 atom stereocenters. The molecule has 0 aliphatic carbocycles. The van der Waals surface area contributed by atoms with E-state index in [9.17, 15) is 0 Å². The molecule has 9 rings (SSSR count). The van der Waals surface area contributed by atoms with Crippen molar-refractivity contribution in [2.24, 2.45) is 0 Å². The van der Waals surface area contributed by atoms with Crippen LogP contribution in [0.1, 0.15) is 0 Å². The highest BCUT2D eigenvalue weighted by Gasteiger charge is 2.17. The Hall–Kier alpha value is -7.02.